The quantitative estimate of drug-likeness (QED) is 0.881. The van der Waals surface area contributed by atoms with E-state index < -0.39 is 6.10 Å². The average Bonchev–Trinajstić information content (AvgIpc) is 3.17. The van der Waals surface area contributed by atoms with Crippen LogP contribution in [0, 0.1) is 0 Å². The highest BCUT2D eigenvalue weighted by atomic mass is 16.5. The summed E-state index contributed by atoms with van der Waals surface area (Å²) in [4.78, 5) is 29.1. The molecule has 1 aliphatic heterocycles. The predicted molar refractivity (Wildman–Crippen MR) is 83.4 cm³/mol. The highest BCUT2D eigenvalue weighted by Crippen LogP contribution is 2.19. The van der Waals surface area contributed by atoms with Crippen molar-refractivity contribution in [2.75, 3.05) is 13.1 Å². The van der Waals surface area contributed by atoms with Crippen LogP contribution in [0.1, 0.15) is 25.3 Å². The summed E-state index contributed by atoms with van der Waals surface area (Å²) in [6.07, 6.45) is 3.33. The number of amides is 1. The van der Waals surface area contributed by atoms with Crippen LogP contribution in [0.3, 0.4) is 0 Å². The number of hydrogen-bond donors (Lipinski definition) is 1. The van der Waals surface area contributed by atoms with Crippen molar-refractivity contribution in [3.8, 4) is 0 Å². The van der Waals surface area contributed by atoms with Crippen LogP contribution < -0.4 is 0 Å². The number of aromatic amines is 1. The molecule has 1 atom stereocenters. The highest BCUT2D eigenvalue weighted by molar-refractivity contribution is 5.88. The largest absolute Gasteiger partial charge is 0.452 e. The van der Waals surface area contributed by atoms with E-state index in [1.165, 1.54) is 0 Å². The lowest BCUT2D eigenvalue weighted by molar-refractivity contribution is -0.158. The number of para-hydroxylation sites is 1. The fourth-order valence-corrected chi connectivity index (χ4v) is 2.92. The Morgan fingerprint density at radius 1 is 1.27 bits per heavy atom. The molecule has 1 aliphatic rings. The predicted octanol–water partition coefficient (Wildman–Crippen LogP) is 2.26. The number of benzene rings is 1. The van der Waals surface area contributed by atoms with Gasteiger partial charge in [0.2, 0.25) is 0 Å². The molecule has 5 nitrogen and oxygen atoms in total. The number of esters is 1. The van der Waals surface area contributed by atoms with Crippen molar-refractivity contribution in [2.24, 2.45) is 0 Å². The van der Waals surface area contributed by atoms with Gasteiger partial charge in [-0.25, -0.2) is 0 Å². The molecule has 22 heavy (non-hydrogen) atoms. The number of carbonyl (C=O) groups excluding carboxylic acids is 2. The Bertz CT molecular complexity index is 686. The molecule has 0 saturated carbocycles. The second-order valence-electron chi connectivity index (χ2n) is 5.70. The van der Waals surface area contributed by atoms with Crippen molar-refractivity contribution in [2.45, 2.75) is 32.3 Å². The molecule has 1 saturated heterocycles. The van der Waals surface area contributed by atoms with Crippen molar-refractivity contribution in [1.82, 2.24) is 9.88 Å². The van der Waals surface area contributed by atoms with E-state index in [0.29, 0.717) is 0 Å². The van der Waals surface area contributed by atoms with Crippen LogP contribution >= 0.6 is 0 Å². The smallest absolute Gasteiger partial charge is 0.311 e. The summed E-state index contributed by atoms with van der Waals surface area (Å²) in [6, 6.07) is 7.80. The first kappa shape index (κ1) is 14.6. The number of carbonyl (C=O) groups is 2. The number of H-pyrrole nitrogens is 1. The molecular formula is C17H20N2O3. The van der Waals surface area contributed by atoms with Gasteiger partial charge in [-0.1, -0.05) is 18.2 Å². The number of likely N-dealkylation sites (tertiary alicyclic amines) is 1. The maximum Gasteiger partial charge on any atom is 0.311 e. The van der Waals surface area contributed by atoms with Gasteiger partial charge < -0.3 is 14.6 Å². The number of hydrogen-bond acceptors (Lipinski definition) is 3. The van der Waals surface area contributed by atoms with E-state index in [4.69, 9.17) is 4.74 Å². The summed E-state index contributed by atoms with van der Waals surface area (Å²) in [6.45, 7) is 3.18. The Morgan fingerprint density at radius 2 is 2.00 bits per heavy atom. The first-order valence-electron chi connectivity index (χ1n) is 7.68. The van der Waals surface area contributed by atoms with Gasteiger partial charge in [-0.2, -0.15) is 0 Å². The molecule has 1 fully saturated rings. The Hall–Kier alpha value is -2.30. The molecule has 0 aliphatic carbocycles. The third-order valence-electron chi connectivity index (χ3n) is 4.08. The van der Waals surface area contributed by atoms with Gasteiger partial charge in [-0.05, 0) is 31.4 Å². The van der Waals surface area contributed by atoms with E-state index in [1.54, 1.807) is 11.8 Å². The topological polar surface area (TPSA) is 62.4 Å². The molecule has 116 valence electrons. The van der Waals surface area contributed by atoms with Gasteiger partial charge >= 0.3 is 5.97 Å². The fraction of sp³-hybridized carbons (Fsp3) is 0.412. The van der Waals surface area contributed by atoms with Gasteiger partial charge in [-0.15, -0.1) is 0 Å². The van der Waals surface area contributed by atoms with E-state index in [2.05, 4.69) is 4.98 Å². The van der Waals surface area contributed by atoms with Gasteiger partial charge in [0, 0.05) is 30.2 Å². The Balaban J connectivity index is 1.61. The van der Waals surface area contributed by atoms with Crippen LogP contribution in [0.15, 0.2) is 30.5 Å². The van der Waals surface area contributed by atoms with Crippen LogP contribution in [0.25, 0.3) is 10.9 Å². The standard InChI is InChI=1S/C17H20N2O3/c1-12(17(21)19-8-4-5-9-19)22-16(20)10-13-11-18-15-7-3-2-6-14(13)15/h2-3,6-7,11-12,18H,4-5,8-10H2,1H3/t12-/m0/s1. The number of rotatable bonds is 4. The summed E-state index contributed by atoms with van der Waals surface area (Å²) in [7, 11) is 0. The number of nitrogens with zero attached hydrogens (tertiary/aromatic N) is 1. The van der Waals surface area contributed by atoms with Gasteiger partial charge in [0.1, 0.15) is 0 Å². The zero-order valence-electron chi connectivity index (χ0n) is 12.7. The van der Waals surface area contributed by atoms with Crippen molar-refractivity contribution < 1.29 is 14.3 Å². The molecule has 0 unspecified atom stereocenters. The lowest BCUT2D eigenvalue weighted by atomic mass is 10.1. The maximum atomic E-state index is 12.1. The summed E-state index contributed by atoms with van der Waals surface area (Å²) in [5, 5.41) is 1.01. The number of nitrogens with one attached hydrogen (secondary N) is 1. The first-order chi connectivity index (χ1) is 10.6. The van der Waals surface area contributed by atoms with Gasteiger partial charge in [0.15, 0.2) is 6.10 Å². The lowest BCUT2D eigenvalue weighted by Gasteiger charge is -2.20. The second-order valence-corrected chi connectivity index (χ2v) is 5.70. The molecule has 0 spiro atoms. The minimum absolute atomic E-state index is 0.0928. The van der Waals surface area contributed by atoms with Crippen molar-refractivity contribution in [3.63, 3.8) is 0 Å². The third-order valence-corrected chi connectivity index (χ3v) is 4.08. The third kappa shape index (κ3) is 2.98. The van der Waals surface area contributed by atoms with Crippen LogP contribution in [0.4, 0.5) is 0 Å². The minimum atomic E-state index is -0.712. The van der Waals surface area contributed by atoms with Crippen LogP contribution in [0.5, 0.6) is 0 Å². The molecule has 1 N–H and O–H groups in total. The normalized spacial score (nSPS) is 16.0. The second kappa shape index (κ2) is 6.22. The van der Waals surface area contributed by atoms with Crippen molar-refractivity contribution in [3.05, 3.63) is 36.0 Å². The molecular weight excluding hydrogens is 280 g/mol. The maximum absolute atomic E-state index is 12.1. The van der Waals surface area contributed by atoms with E-state index in [0.717, 1.165) is 42.4 Å². The zero-order chi connectivity index (χ0) is 15.5. The highest BCUT2D eigenvalue weighted by Gasteiger charge is 2.26. The molecule has 0 radical (unpaired) electrons. The number of aromatic nitrogens is 1. The fourth-order valence-electron chi connectivity index (χ4n) is 2.92. The van der Waals surface area contributed by atoms with Crippen molar-refractivity contribution >= 4 is 22.8 Å². The van der Waals surface area contributed by atoms with E-state index >= 15 is 0 Å². The van der Waals surface area contributed by atoms with Gasteiger partial charge in [-0.3, -0.25) is 9.59 Å². The summed E-state index contributed by atoms with van der Waals surface area (Å²) in [5.41, 5.74) is 1.88. The Kier molecular flexibility index (Phi) is 4.13. The summed E-state index contributed by atoms with van der Waals surface area (Å²) < 4.78 is 5.30. The molecule has 3 rings (SSSR count). The monoisotopic (exact) mass is 300 g/mol. The lowest BCUT2D eigenvalue weighted by Crippen LogP contribution is -2.38. The van der Waals surface area contributed by atoms with Crippen LogP contribution in [-0.4, -0.2) is 41.0 Å². The van der Waals surface area contributed by atoms with Gasteiger partial charge in [0.25, 0.3) is 5.91 Å². The molecule has 5 heteroatoms. The van der Waals surface area contributed by atoms with Gasteiger partial charge in [0.05, 0.1) is 6.42 Å². The average molecular weight is 300 g/mol. The summed E-state index contributed by atoms with van der Waals surface area (Å²) >= 11 is 0. The zero-order valence-corrected chi connectivity index (χ0v) is 12.7. The minimum Gasteiger partial charge on any atom is -0.452 e. The van der Waals surface area contributed by atoms with E-state index in [1.807, 2.05) is 30.5 Å². The van der Waals surface area contributed by atoms with Crippen LogP contribution in [-0.2, 0) is 20.7 Å². The molecule has 2 heterocycles. The van der Waals surface area contributed by atoms with E-state index in [9.17, 15) is 9.59 Å². The molecule has 0 bridgehead atoms. The summed E-state index contributed by atoms with van der Waals surface area (Å²) in [5.74, 6) is -0.463. The molecule has 2 aromatic rings. The SMILES string of the molecule is C[C@H](OC(=O)Cc1c[nH]c2ccccc12)C(=O)N1CCCC1. The Labute approximate surface area is 129 Å². The first-order valence-corrected chi connectivity index (χ1v) is 7.68. The Morgan fingerprint density at radius 3 is 2.77 bits per heavy atom. The molecule has 1 aromatic carbocycles. The van der Waals surface area contributed by atoms with Crippen LogP contribution in [0.2, 0.25) is 0 Å². The number of fused-ring (bicyclic) bond motifs is 1. The number of ether oxygens (including phenoxy) is 1. The molecule has 1 amide bonds. The van der Waals surface area contributed by atoms with Crippen molar-refractivity contribution in [1.29, 1.82) is 0 Å². The van der Waals surface area contributed by atoms with E-state index in [-0.39, 0.29) is 18.3 Å². The molecule has 1 aromatic heterocycles.